The Labute approximate surface area is 435 Å². The highest BCUT2D eigenvalue weighted by Gasteiger charge is 2.31. The van der Waals surface area contributed by atoms with Crippen molar-refractivity contribution in [2.75, 3.05) is 0 Å². The average molecular weight is 973 g/mol. The summed E-state index contributed by atoms with van der Waals surface area (Å²) in [7, 11) is -0.917. The average Bonchev–Trinajstić information content (AvgIpc) is 3.23. The highest BCUT2D eigenvalue weighted by atomic mass is 31.1. The Hall–Kier alpha value is -4.33. The maximum Gasteiger partial charge on any atom is 0.149 e. The molecule has 0 saturated carbocycles. The van der Waals surface area contributed by atoms with Crippen LogP contribution in [-0.4, -0.2) is 9.79 Å². The molecule has 0 amide bonds. The van der Waals surface area contributed by atoms with Crippen LogP contribution < -0.4 is 0 Å². The van der Waals surface area contributed by atoms with Gasteiger partial charge < -0.3 is 9.79 Å². The van der Waals surface area contributed by atoms with E-state index in [4.69, 9.17) is 9.79 Å². The molecule has 0 aliphatic carbocycles. The fraction of sp³-hybridized carbons (Fsp3) is 0.471. The molecule has 0 aromatic heterocycles. The SMILES string of the molecule is CC(C)(C)c1ccc(-c2ccc(-c3ccc(-c4ccc(C(C)(C)C)cc4C(C)(C)C)c(-c4ccc(C(C)(C)C)cc4C(C)(C)C)c3)cc2-c2ccc(C(C)(C)C)cc2C(C)(C)C)c(C(C)(C)C)c1.OPO. The fourth-order valence-electron chi connectivity index (χ4n) is 9.83. The van der Waals surface area contributed by atoms with E-state index in [1.165, 1.54) is 100 Å². The third-order valence-electron chi connectivity index (χ3n) is 14.3. The largest absolute Gasteiger partial charge is 0.352 e. The van der Waals surface area contributed by atoms with Crippen LogP contribution in [-0.2, 0) is 43.3 Å². The van der Waals surface area contributed by atoms with Crippen LogP contribution >= 0.6 is 9.03 Å². The second kappa shape index (κ2) is 20.2. The lowest BCUT2D eigenvalue weighted by molar-refractivity contribution is 0.513. The van der Waals surface area contributed by atoms with Crippen molar-refractivity contribution in [3.8, 4) is 55.6 Å². The van der Waals surface area contributed by atoms with Gasteiger partial charge in [0.1, 0.15) is 9.03 Å². The van der Waals surface area contributed by atoms with Crippen LogP contribution in [0.25, 0.3) is 55.6 Å². The van der Waals surface area contributed by atoms with Crippen molar-refractivity contribution in [3.05, 3.63) is 154 Å². The fourth-order valence-corrected chi connectivity index (χ4v) is 9.83. The van der Waals surface area contributed by atoms with E-state index in [2.05, 4.69) is 275 Å². The molecule has 0 saturated heterocycles. The minimum absolute atomic E-state index is 0.0282. The molecular weight excluding hydrogens is 880 g/mol. The van der Waals surface area contributed by atoms with Crippen molar-refractivity contribution < 1.29 is 9.79 Å². The maximum absolute atomic E-state index is 7.15. The summed E-state index contributed by atoms with van der Waals surface area (Å²) in [5.41, 5.74) is 23.7. The van der Waals surface area contributed by atoms with Gasteiger partial charge in [0.2, 0.25) is 0 Å². The summed E-state index contributed by atoms with van der Waals surface area (Å²) in [5.74, 6) is 0. The third kappa shape index (κ3) is 13.3. The molecule has 0 spiro atoms. The Balaban J connectivity index is 0.00000305. The predicted molar refractivity (Wildman–Crippen MR) is 316 cm³/mol. The standard InChI is InChI=1S/C68H90.H3O2P/c1-61(2,3)45-27-33-51(57(39-45)65(13,14)15)49-31-25-43(37-55(49)53-35-29-47(63(7,8)9)41-59(53)67(19,20)21)44-26-32-50(52-34-28-46(62(4,5)6)40-58(52)66(16,17)18)56(38-44)54-36-30-48(64(10,11)12)42-60(54)68(22,23)24;1-3-2/h25-42H,1-24H3;1-3H. The van der Waals surface area contributed by atoms with Gasteiger partial charge in [0.15, 0.2) is 0 Å². The molecule has 2 N–H and O–H groups in total. The van der Waals surface area contributed by atoms with Crippen molar-refractivity contribution in [1.82, 2.24) is 0 Å². The van der Waals surface area contributed by atoms with E-state index in [0.29, 0.717) is 0 Å². The molecule has 71 heavy (non-hydrogen) atoms. The molecule has 6 aromatic carbocycles. The van der Waals surface area contributed by atoms with E-state index in [0.717, 1.165) is 0 Å². The number of hydrogen-bond acceptors (Lipinski definition) is 2. The van der Waals surface area contributed by atoms with Gasteiger partial charge in [-0.2, -0.15) is 0 Å². The second-order valence-corrected chi connectivity index (χ2v) is 28.9. The van der Waals surface area contributed by atoms with E-state index >= 15 is 0 Å². The number of rotatable bonds is 5. The van der Waals surface area contributed by atoms with Gasteiger partial charge in [-0.1, -0.05) is 263 Å². The Morgan fingerprint density at radius 3 is 0.592 bits per heavy atom. The molecule has 0 atom stereocenters. The Morgan fingerprint density at radius 1 is 0.225 bits per heavy atom. The summed E-state index contributed by atoms with van der Waals surface area (Å²) in [4.78, 5) is 14.3. The summed E-state index contributed by atoms with van der Waals surface area (Å²) >= 11 is 0. The molecule has 0 fully saturated rings. The van der Waals surface area contributed by atoms with Crippen LogP contribution in [0.2, 0.25) is 0 Å². The van der Waals surface area contributed by atoms with Gasteiger partial charge in [-0.15, -0.1) is 0 Å². The lowest BCUT2D eigenvalue weighted by atomic mass is 9.73. The highest BCUT2D eigenvalue weighted by Crippen LogP contribution is 2.49. The first-order chi connectivity index (χ1) is 32.2. The van der Waals surface area contributed by atoms with Crippen LogP contribution in [0, 0.1) is 0 Å². The summed E-state index contributed by atoms with van der Waals surface area (Å²) in [6, 6.07) is 43.9. The molecule has 382 valence electrons. The molecule has 0 bridgehead atoms. The van der Waals surface area contributed by atoms with Crippen molar-refractivity contribution in [2.45, 2.75) is 209 Å². The Kier molecular flexibility index (Phi) is 16.4. The Morgan fingerprint density at radius 2 is 0.408 bits per heavy atom. The first-order valence-electron chi connectivity index (χ1n) is 26.1. The van der Waals surface area contributed by atoms with Gasteiger partial charge in [0.25, 0.3) is 0 Å². The summed E-state index contributed by atoms with van der Waals surface area (Å²) in [6.45, 7) is 56.5. The van der Waals surface area contributed by atoms with Crippen LogP contribution in [0.15, 0.2) is 109 Å². The third-order valence-corrected chi connectivity index (χ3v) is 14.3. The predicted octanol–water partition coefficient (Wildman–Crippen LogP) is 19.9. The molecule has 2 nitrogen and oxygen atoms in total. The molecule has 0 unspecified atom stereocenters. The quantitative estimate of drug-likeness (QED) is 0.169. The molecule has 0 aliphatic heterocycles. The summed E-state index contributed by atoms with van der Waals surface area (Å²) < 4.78 is 0. The van der Waals surface area contributed by atoms with Gasteiger partial charge in [-0.3, -0.25) is 0 Å². The van der Waals surface area contributed by atoms with E-state index in [-0.39, 0.29) is 43.3 Å². The number of benzene rings is 6. The zero-order valence-electron chi connectivity index (χ0n) is 48.8. The van der Waals surface area contributed by atoms with E-state index in [9.17, 15) is 0 Å². The zero-order chi connectivity index (χ0) is 53.8. The van der Waals surface area contributed by atoms with Crippen molar-refractivity contribution in [2.24, 2.45) is 0 Å². The lowest BCUT2D eigenvalue weighted by Crippen LogP contribution is -2.18. The van der Waals surface area contributed by atoms with Gasteiger partial charge in [0.05, 0.1) is 0 Å². The lowest BCUT2D eigenvalue weighted by Gasteiger charge is -2.31. The smallest absolute Gasteiger partial charge is 0.149 e. The van der Waals surface area contributed by atoms with Crippen molar-refractivity contribution in [3.63, 3.8) is 0 Å². The van der Waals surface area contributed by atoms with Crippen molar-refractivity contribution >= 4 is 9.03 Å². The normalized spacial score (nSPS) is 13.3. The van der Waals surface area contributed by atoms with E-state index < -0.39 is 9.03 Å². The van der Waals surface area contributed by atoms with Crippen molar-refractivity contribution in [1.29, 1.82) is 0 Å². The first kappa shape index (κ1) is 57.6. The minimum Gasteiger partial charge on any atom is -0.352 e. The maximum atomic E-state index is 7.15. The number of hydrogen-bond donors (Lipinski definition) is 2. The molecule has 3 heteroatoms. The monoisotopic (exact) mass is 973 g/mol. The highest BCUT2D eigenvalue weighted by molar-refractivity contribution is 7.23. The van der Waals surface area contributed by atoms with Crippen LogP contribution in [0.1, 0.15) is 211 Å². The zero-order valence-corrected chi connectivity index (χ0v) is 49.8. The van der Waals surface area contributed by atoms with E-state index in [1.54, 1.807) is 0 Å². The molecular formula is C68H93O2P. The van der Waals surface area contributed by atoms with Gasteiger partial charge in [-0.25, -0.2) is 0 Å². The molecule has 6 rings (SSSR count). The molecule has 0 heterocycles. The summed E-state index contributed by atoms with van der Waals surface area (Å²) in [6.07, 6.45) is 0. The van der Waals surface area contributed by atoms with E-state index in [1.807, 2.05) is 0 Å². The summed E-state index contributed by atoms with van der Waals surface area (Å²) in [5, 5.41) is 0. The van der Waals surface area contributed by atoms with Crippen LogP contribution in [0.4, 0.5) is 0 Å². The van der Waals surface area contributed by atoms with Crippen LogP contribution in [0.3, 0.4) is 0 Å². The van der Waals surface area contributed by atoms with Gasteiger partial charge in [-0.05, 0) is 156 Å². The molecule has 6 aromatic rings. The second-order valence-electron chi connectivity index (χ2n) is 28.7. The topological polar surface area (TPSA) is 40.5 Å². The molecule has 0 aliphatic rings. The van der Waals surface area contributed by atoms with Crippen LogP contribution in [0.5, 0.6) is 0 Å². The first-order valence-corrected chi connectivity index (χ1v) is 27.0. The molecule has 0 radical (unpaired) electrons. The van der Waals surface area contributed by atoms with Gasteiger partial charge in [0, 0.05) is 0 Å². The minimum atomic E-state index is -0.917. The Bertz CT molecular complexity index is 2650. The van der Waals surface area contributed by atoms with Gasteiger partial charge >= 0.3 is 0 Å².